The van der Waals surface area contributed by atoms with Gasteiger partial charge in [0.05, 0.1) is 16.8 Å². The first-order valence-electron chi connectivity index (χ1n) is 10.5. The molecule has 5 nitrogen and oxygen atoms in total. The number of carbonyl (C=O) groups excluding carboxylic acids is 1. The van der Waals surface area contributed by atoms with Crippen LogP contribution >= 0.6 is 47.2 Å². The number of hydrogen-bond donors (Lipinski definition) is 1. The van der Waals surface area contributed by atoms with E-state index in [9.17, 15) is 4.79 Å². The minimum atomic E-state index is -0.174. The molecule has 2 aromatic carbocycles. The number of hydrazone groups is 1. The SMILES string of the molecule is CC1CCCC(C)N1NC(=O)C1=NN(c2ccc(Cl)cc2Cl)C(c2ccc(Cl)cc2)C1.Cl. The van der Waals surface area contributed by atoms with Crippen molar-refractivity contribution in [1.82, 2.24) is 10.4 Å². The predicted octanol–water partition coefficient (Wildman–Crippen LogP) is 6.67. The van der Waals surface area contributed by atoms with Gasteiger partial charge in [-0.1, -0.05) is 53.4 Å². The zero-order chi connectivity index (χ0) is 22.1. The number of piperidine rings is 1. The van der Waals surface area contributed by atoms with Gasteiger partial charge in [0.1, 0.15) is 5.71 Å². The molecule has 4 rings (SSSR count). The van der Waals surface area contributed by atoms with E-state index in [1.165, 1.54) is 6.42 Å². The van der Waals surface area contributed by atoms with E-state index in [-0.39, 0.29) is 24.4 Å². The van der Waals surface area contributed by atoms with Crippen molar-refractivity contribution in [2.24, 2.45) is 5.10 Å². The molecule has 0 radical (unpaired) electrons. The zero-order valence-electron chi connectivity index (χ0n) is 17.9. The van der Waals surface area contributed by atoms with E-state index in [0.717, 1.165) is 18.4 Å². The number of anilines is 1. The lowest BCUT2D eigenvalue weighted by molar-refractivity contribution is -0.122. The van der Waals surface area contributed by atoms with Gasteiger partial charge in [0.25, 0.3) is 5.91 Å². The molecule has 1 saturated heterocycles. The van der Waals surface area contributed by atoms with Gasteiger partial charge in [-0.25, -0.2) is 5.01 Å². The molecule has 2 aliphatic heterocycles. The highest BCUT2D eigenvalue weighted by atomic mass is 35.5. The lowest BCUT2D eigenvalue weighted by Gasteiger charge is -2.38. The molecule has 2 aromatic rings. The van der Waals surface area contributed by atoms with Crippen LogP contribution in [0, 0.1) is 0 Å². The number of carbonyl (C=O) groups is 1. The highest BCUT2D eigenvalue weighted by Gasteiger charge is 2.35. The summed E-state index contributed by atoms with van der Waals surface area (Å²) >= 11 is 18.7. The van der Waals surface area contributed by atoms with Crippen molar-refractivity contribution in [2.45, 2.75) is 57.7 Å². The highest BCUT2D eigenvalue weighted by molar-refractivity contribution is 6.40. The van der Waals surface area contributed by atoms with E-state index >= 15 is 0 Å². The van der Waals surface area contributed by atoms with Crippen molar-refractivity contribution in [3.63, 3.8) is 0 Å². The minimum absolute atomic E-state index is 0. The molecule has 9 heteroatoms. The van der Waals surface area contributed by atoms with Crippen LogP contribution in [0.4, 0.5) is 5.69 Å². The minimum Gasteiger partial charge on any atom is -0.283 e. The van der Waals surface area contributed by atoms with Crippen LogP contribution in [0.25, 0.3) is 0 Å². The Morgan fingerprint density at radius 1 is 1.00 bits per heavy atom. The first-order chi connectivity index (χ1) is 14.8. The van der Waals surface area contributed by atoms with Gasteiger partial charge in [0.15, 0.2) is 0 Å². The topological polar surface area (TPSA) is 47.9 Å². The number of nitrogens with one attached hydrogen (secondary N) is 1. The van der Waals surface area contributed by atoms with Gasteiger partial charge < -0.3 is 0 Å². The van der Waals surface area contributed by atoms with E-state index in [1.807, 2.05) is 30.3 Å². The lowest BCUT2D eigenvalue weighted by Crippen LogP contribution is -2.55. The van der Waals surface area contributed by atoms with Crippen molar-refractivity contribution in [3.8, 4) is 0 Å². The second-order valence-corrected chi connectivity index (χ2v) is 9.52. The van der Waals surface area contributed by atoms with Crippen molar-refractivity contribution < 1.29 is 4.79 Å². The molecule has 1 fully saturated rings. The Morgan fingerprint density at radius 3 is 2.25 bits per heavy atom. The first-order valence-corrected chi connectivity index (χ1v) is 11.6. The molecule has 1 amide bonds. The van der Waals surface area contributed by atoms with E-state index in [0.29, 0.717) is 45.0 Å². The molecule has 3 unspecified atom stereocenters. The molecule has 0 bridgehead atoms. The van der Waals surface area contributed by atoms with Crippen LogP contribution < -0.4 is 10.4 Å². The third-order valence-electron chi connectivity index (χ3n) is 6.01. The summed E-state index contributed by atoms with van der Waals surface area (Å²) in [5.74, 6) is -0.174. The van der Waals surface area contributed by atoms with E-state index in [1.54, 1.807) is 17.1 Å². The summed E-state index contributed by atoms with van der Waals surface area (Å²) in [4.78, 5) is 13.2. The number of amides is 1. The van der Waals surface area contributed by atoms with Gasteiger partial charge in [-0.2, -0.15) is 5.10 Å². The molecular formula is C23H26Cl4N4O. The maximum Gasteiger partial charge on any atom is 0.281 e. The Bertz CT molecular complexity index is 988. The summed E-state index contributed by atoms with van der Waals surface area (Å²) in [6, 6.07) is 13.3. The molecule has 0 saturated carbocycles. The standard InChI is InChI=1S/C23H25Cl3N4O.ClH/c1-14-4-3-5-15(2)29(14)28-23(31)20-13-22(16-6-8-17(24)9-7-16)30(27-20)21-11-10-18(25)12-19(21)26;/h6-12,14-15,22H,3-5,13H2,1-2H3,(H,28,31);1H. The van der Waals surface area contributed by atoms with Gasteiger partial charge in [-0.3, -0.25) is 15.2 Å². The Kier molecular flexibility index (Phi) is 8.34. The highest BCUT2D eigenvalue weighted by Crippen LogP contribution is 2.40. The van der Waals surface area contributed by atoms with Crippen LogP contribution in [0.5, 0.6) is 0 Å². The lowest BCUT2D eigenvalue weighted by atomic mass is 9.99. The Balaban J connectivity index is 0.00000289. The second kappa shape index (κ2) is 10.6. The van der Waals surface area contributed by atoms with Crippen molar-refractivity contribution in [1.29, 1.82) is 0 Å². The van der Waals surface area contributed by atoms with Crippen LogP contribution in [0.3, 0.4) is 0 Å². The maximum absolute atomic E-state index is 13.2. The summed E-state index contributed by atoms with van der Waals surface area (Å²) in [5.41, 5.74) is 5.27. The van der Waals surface area contributed by atoms with Crippen molar-refractivity contribution in [2.75, 3.05) is 5.01 Å². The third kappa shape index (κ3) is 5.35. The number of hydrogen-bond acceptors (Lipinski definition) is 4. The summed E-state index contributed by atoms with van der Waals surface area (Å²) < 4.78 is 0. The molecule has 2 aliphatic rings. The van der Waals surface area contributed by atoms with Crippen LogP contribution in [-0.2, 0) is 4.79 Å². The fraction of sp³-hybridized carbons (Fsp3) is 0.391. The summed E-state index contributed by atoms with van der Waals surface area (Å²) in [6.07, 6.45) is 3.77. The van der Waals surface area contributed by atoms with Crippen LogP contribution in [0.15, 0.2) is 47.6 Å². The van der Waals surface area contributed by atoms with Gasteiger partial charge in [-0.05, 0) is 62.6 Å². The molecule has 0 spiro atoms. The average molecular weight is 516 g/mol. The van der Waals surface area contributed by atoms with Gasteiger partial charge in [0.2, 0.25) is 0 Å². The molecular weight excluding hydrogens is 490 g/mol. The predicted molar refractivity (Wildman–Crippen MR) is 135 cm³/mol. The van der Waals surface area contributed by atoms with E-state index in [2.05, 4.69) is 24.3 Å². The van der Waals surface area contributed by atoms with Crippen LogP contribution in [0.1, 0.15) is 51.1 Å². The molecule has 0 aromatic heterocycles. The Morgan fingerprint density at radius 2 is 1.62 bits per heavy atom. The fourth-order valence-corrected chi connectivity index (χ4v) is 4.93. The summed E-state index contributed by atoms with van der Waals surface area (Å²) in [6.45, 7) is 4.28. The van der Waals surface area contributed by atoms with Gasteiger partial charge >= 0.3 is 0 Å². The van der Waals surface area contributed by atoms with Crippen LogP contribution in [-0.4, -0.2) is 28.7 Å². The fourth-order valence-electron chi connectivity index (χ4n) is 4.30. The monoisotopic (exact) mass is 514 g/mol. The second-order valence-electron chi connectivity index (χ2n) is 8.24. The molecule has 3 atom stereocenters. The van der Waals surface area contributed by atoms with Crippen LogP contribution in [0.2, 0.25) is 15.1 Å². The number of nitrogens with zero attached hydrogens (tertiary/aromatic N) is 3. The number of rotatable bonds is 4. The maximum atomic E-state index is 13.2. The Labute approximate surface area is 210 Å². The van der Waals surface area contributed by atoms with Gasteiger partial charge in [0, 0.05) is 28.5 Å². The molecule has 1 N–H and O–H groups in total. The smallest absolute Gasteiger partial charge is 0.281 e. The number of halogens is 4. The quantitative estimate of drug-likeness (QED) is 0.494. The average Bonchev–Trinajstić information content (AvgIpc) is 3.16. The zero-order valence-corrected chi connectivity index (χ0v) is 21.0. The number of benzene rings is 2. The largest absolute Gasteiger partial charge is 0.283 e. The molecule has 172 valence electrons. The third-order valence-corrected chi connectivity index (χ3v) is 6.80. The van der Waals surface area contributed by atoms with Crippen molar-refractivity contribution >= 4 is 64.5 Å². The molecule has 0 aliphatic carbocycles. The number of hydrazine groups is 1. The molecule has 2 heterocycles. The summed E-state index contributed by atoms with van der Waals surface area (Å²) in [7, 11) is 0. The van der Waals surface area contributed by atoms with E-state index in [4.69, 9.17) is 39.9 Å². The normalized spacial score (nSPS) is 23.5. The Hall–Kier alpha value is -1.50. The van der Waals surface area contributed by atoms with Gasteiger partial charge in [-0.15, -0.1) is 12.4 Å². The first kappa shape index (κ1) is 25.1. The molecule has 32 heavy (non-hydrogen) atoms. The summed E-state index contributed by atoms with van der Waals surface area (Å²) in [5, 5.41) is 10.2. The van der Waals surface area contributed by atoms with E-state index < -0.39 is 0 Å². The van der Waals surface area contributed by atoms with Crippen molar-refractivity contribution in [3.05, 3.63) is 63.1 Å².